The number of pyridine rings is 1. The molecule has 37 heavy (non-hydrogen) atoms. The van der Waals surface area contributed by atoms with Crippen molar-refractivity contribution < 1.29 is 27.8 Å². The summed E-state index contributed by atoms with van der Waals surface area (Å²) in [7, 11) is -3.67. The Hall–Kier alpha value is -3.27. The molecule has 2 fully saturated rings. The molecule has 3 heterocycles. The van der Waals surface area contributed by atoms with E-state index in [1.54, 1.807) is 24.3 Å². The second kappa shape index (κ2) is 9.24. The van der Waals surface area contributed by atoms with Crippen molar-refractivity contribution in [3.63, 3.8) is 0 Å². The minimum Gasteiger partial charge on any atom is -0.454 e. The molecule has 8 nitrogen and oxygen atoms in total. The predicted octanol–water partition coefficient (Wildman–Crippen LogP) is 3.47. The number of hydrogen-bond acceptors (Lipinski definition) is 7. The number of β-amino-alcohol motifs (C(OH)–C–C–N with tert-alkyl or cyclic N) is 1. The van der Waals surface area contributed by atoms with Crippen molar-refractivity contribution in [2.24, 2.45) is 0 Å². The molecule has 1 unspecified atom stereocenters. The number of nitrogens with zero attached hydrogens (tertiary/aromatic N) is 2. The number of sulfonamides is 1. The molecule has 6 rings (SSSR count). The zero-order chi connectivity index (χ0) is 25.6. The van der Waals surface area contributed by atoms with Crippen LogP contribution < -0.4 is 9.47 Å². The molecule has 0 spiro atoms. The molecule has 2 aromatic carbocycles. The number of Topliss-reactive ketones (excluding diaryl/α,β-unsaturated/α-hetero) is 1. The molecule has 0 bridgehead atoms. The third-order valence-electron chi connectivity index (χ3n) is 7.50. The van der Waals surface area contributed by atoms with Gasteiger partial charge in [0.2, 0.25) is 16.8 Å². The average molecular weight is 521 g/mol. The average Bonchev–Trinajstić information content (AvgIpc) is 3.59. The third kappa shape index (κ3) is 4.52. The van der Waals surface area contributed by atoms with E-state index in [1.807, 2.05) is 36.4 Å². The largest absolute Gasteiger partial charge is 0.454 e. The van der Waals surface area contributed by atoms with E-state index in [1.165, 1.54) is 4.31 Å². The van der Waals surface area contributed by atoms with Gasteiger partial charge >= 0.3 is 0 Å². The molecule has 1 aliphatic carbocycles. The molecular weight excluding hydrogens is 492 g/mol. The molecule has 0 amide bonds. The van der Waals surface area contributed by atoms with Gasteiger partial charge in [0.05, 0.1) is 22.1 Å². The molecule has 9 heteroatoms. The van der Waals surface area contributed by atoms with Crippen LogP contribution in [0.5, 0.6) is 11.5 Å². The zero-order valence-electron chi connectivity index (χ0n) is 20.3. The summed E-state index contributed by atoms with van der Waals surface area (Å²) in [5, 5.41) is 9.88. The number of carbonyl (C=O) groups excluding carboxylic acids is 1. The number of benzene rings is 2. The Bertz CT molecular complexity index is 1450. The Kier molecular flexibility index (Phi) is 6.01. The summed E-state index contributed by atoms with van der Waals surface area (Å²) in [6.45, 7) is 0.729. The van der Waals surface area contributed by atoms with Gasteiger partial charge < -0.3 is 14.6 Å². The molecular formula is C28H28N2O6S. The fourth-order valence-corrected chi connectivity index (χ4v) is 6.72. The van der Waals surface area contributed by atoms with Gasteiger partial charge in [0.1, 0.15) is 5.78 Å². The first-order valence-electron chi connectivity index (χ1n) is 12.5. The van der Waals surface area contributed by atoms with E-state index in [0.29, 0.717) is 42.3 Å². The number of ketones is 1. The van der Waals surface area contributed by atoms with Crippen molar-refractivity contribution in [1.29, 1.82) is 0 Å². The minimum atomic E-state index is -3.67. The third-order valence-corrected chi connectivity index (χ3v) is 9.38. The van der Waals surface area contributed by atoms with Crippen LogP contribution in [-0.4, -0.2) is 54.6 Å². The summed E-state index contributed by atoms with van der Waals surface area (Å²) in [5.74, 6) is 1.51. The maximum absolute atomic E-state index is 13.4. The second-order valence-electron chi connectivity index (χ2n) is 9.95. The summed E-state index contributed by atoms with van der Waals surface area (Å²) in [6, 6.07) is 17.9. The monoisotopic (exact) mass is 520 g/mol. The van der Waals surface area contributed by atoms with Crippen LogP contribution in [0.15, 0.2) is 65.6 Å². The number of fused-ring (bicyclic) bond motifs is 1. The maximum Gasteiger partial charge on any atom is 0.243 e. The van der Waals surface area contributed by atoms with Crippen LogP contribution in [0, 0.1) is 0 Å². The van der Waals surface area contributed by atoms with Crippen LogP contribution in [0.25, 0.3) is 11.3 Å². The molecule has 192 valence electrons. The predicted molar refractivity (Wildman–Crippen MR) is 136 cm³/mol. The Labute approximate surface area is 215 Å². The fraction of sp³-hybridized carbons (Fsp3) is 0.357. The smallest absolute Gasteiger partial charge is 0.243 e. The van der Waals surface area contributed by atoms with E-state index in [4.69, 9.17) is 14.5 Å². The van der Waals surface area contributed by atoms with Gasteiger partial charge in [0.25, 0.3) is 0 Å². The maximum atomic E-state index is 13.4. The Morgan fingerprint density at radius 2 is 1.84 bits per heavy atom. The summed E-state index contributed by atoms with van der Waals surface area (Å²) >= 11 is 0. The van der Waals surface area contributed by atoms with Crippen molar-refractivity contribution in [2.75, 3.05) is 19.9 Å². The number of aromatic nitrogens is 1. The standard InChI is InChI=1S/C28H28N2O6S/c31-22-4-2-14-30(17-22)37(33,34)23-9-6-19(7-10-23)24-5-1-3-21(29-24)16-27(32)28(12-13-28)20-8-11-25-26(15-20)36-18-35-25/h1,3,5-11,15,22,31H,2,4,12-14,16-18H2. The first-order valence-corrected chi connectivity index (χ1v) is 14.0. The number of aliphatic hydroxyl groups is 1. The first kappa shape index (κ1) is 24.1. The number of rotatable bonds is 7. The molecule has 2 aliphatic heterocycles. The zero-order valence-corrected chi connectivity index (χ0v) is 21.1. The van der Waals surface area contributed by atoms with Crippen LogP contribution >= 0.6 is 0 Å². The van der Waals surface area contributed by atoms with Crippen molar-refractivity contribution in [3.05, 3.63) is 71.9 Å². The molecule has 1 saturated carbocycles. The summed E-state index contributed by atoms with van der Waals surface area (Å²) in [5.41, 5.74) is 2.57. The lowest BCUT2D eigenvalue weighted by Crippen LogP contribution is -2.42. The highest BCUT2D eigenvalue weighted by Crippen LogP contribution is 2.51. The highest BCUT2D eigenvalue weighted by atomic mass is 32.2. The van der Waals surface area contributed by atoms with Crippen LogP contribution in [0.4, 0.5) is 0 Å². The first-order chi connectivity index (χ1) is 17.8. The summed E-state index contributed by atoms with van der Waals surface area (Å²) in [6.07, 6.45) is 2.45. The van der Waals surface area contributed by atoms with Gasteiger partial charge in [0.15, 0.2) is 11.5 Å². The molecule has 1 saturated heterocycles. The number of carbonyl (C=O) groups is 1. The van der Waals surface area contributed by atoms with E-state index in [2.05, 4.69) is 0 Å². The minimum absolute atomic E-state index is 0.120. The van der Waals surface area contributed by atoms with E-state index < -0.39 is 21.5 Å². The molecule has 3 aliphatic rings. The molecule has 3 aromatic rings. The Balaban J connectivity index is 1.18. The second-order valence-corrected chi connectivity index (χ2v) is 11.9. The quantitative estimate of drug-likeness (QED) is 0.509. The normalized spacial score (nSPS) is 20.5. The van der Waals surface area contributed by atoms with Crippen molar-refractivity contribution in [1.82, 2.24) is 9.29 Å². The van der Waals surface area contributed by atoms with Crippen LogP contribution in [0.1, 0.15) is 36.9 Å². The lowest BCUT2D eigenvalue weighted by molar-refractivity contribution is -0.120. The molecule has 1 aromatic heterocycles. The van der Waals surface area contributed by atoms with Crippen LogP contribution in [0.3, 0.4) is 0 Å². The van der Waals surface area contributed by atoms with Gasteiger partial charge in [-0.25, -0.2) is 8.42 Å². The molecule has 1 atom stereocenters. The Morgan fingerprint density at radius 1 is 1.05 bits per heavy atom. The fourth-order valence-electron chi connectivity index (χ4n) is 5.21. The van der Waals surface area contributed by atoms with Crippen LogP contribution in [0.2, 0.25) is 0 Å². The summed E-state index contributed by atoms with van der Waals surface area (Å²) < 4.78 is 38.2. The SMILES string of the molecule is O=C(Cc1cccc(-c2ccc(S(=O)(=O)N3CCCC(O)C3)cc2)n1)C1(c2ccc3c(c2)OCO3)CC1. The highest BCUT2D eigenvalue weighted by Gasteiger charge is 2.51. The van der Waals surface area contributed by atoms with Gasteiger partial charge in [-0.05, 0) is 67.6 Å². The van der Waals surface area contributed by atoms with E-state index in [9.17, 15) is 18.3 Å². The van der Waals surface area contributed by atoms with Crippen LogP contribution in [-0.2, 0) is 26.7 Å². The van der Waals surface area contributed by atoms with Gasteiger partial charge in [-0.3, -0.25) is 9.78 Å². The van der Waals surface area contributed by atoms with Gasteiger partial charge in [-0.1, -0.05) is 24.3 Å². The number of hydrogen-bond donors (Lipinski definition) is 1. The Morgan fingerprint density at radius 3 is 2.59 bits per heavy atom. The van der Waals surface area contributed by atoms with E-state index >= 15 is 0 Å². The van der Waals surface area contributed by atoms with E-state index in [0.717, 1.165) is 24.0 Å². The number of ether oxygens (including phenoxy) is 2. The van der Waals surface area contributed by atoms with Crippen molar-refractivity contribution in [2.45, 2.75) is 48.5 Å². The number of piperidine rings is 1. The van der Waals surface area contributed by atoms with Crippen molar-refractivity contribution >= 4 is 15.8 Å². The lowest BCUT2D eigenvalue weighted by atomic mass is 9.88. The highest BCUT2D eigenvalue weighted by molar-refractivity contribution is 7.89. The topological polar surface area (TPSA) is 106 Å². The summed E-state index contributed by atoms with van der Waals surface area (Å²) in [4.78, 5) is 18.3. The van der Waals surface area contributed by atoms with Gasteiger partial charge in [-0.2, -0.15) is 4.31 Å². The lowest BCUT2D eigenvalue weighted by Gasteiger charge is -2.29. The van der Waals surface area contributed by atoms with E-state index in [-0.39, 0.29) is 30.4 Å². The molecule has 0 radical (unpaired) electrons. The van der Waals surface area contributed by atoms with Crippen molar-refractivity contribution in [3.8, 4) is 22.8 Å². The number of aliphatic hydroxyl groups excluding tert-OH is 1. The van der Waals surface area contributed by atoms with Gasteiger partial charge in [-0.15, -0.1) is 0 Å². The molecule has 1 N–H and O–H groups in total. The van der Waals surface area contributed by atoms with Gasteiger partial charge in [0, 0.05) is 30.8 Å².